The molecule has 4 saturated carbocycles. The summed E-state index contributed by atoms with van der Waals surface area (Å²) in [5, 5.41) is 121. The van der Waals surface area contributed by atoms with Crippen molar-refractivity contribution in [3.63, 3.8) is 0 Å². The van der Waals surface area contributed by atoms with Crippen molar-refractivity contribution in [3.8, 4) is 68.6 Å². The minimum atomic E-state index is -2.36. The first-order valence-electron chi connectivity index (χ1n) is 40.5. The number of aliphatic hydroxyl groups is 5. The number of hydrogen-bond donors (Lipinski definition) is 19. The highest BCUT2D eigenvalue weighted by Crippen LogP contribution is 2.55. The van der Waals surface area contributed by atoms with E-state index < -0.39 is 192 Å². The van der Waals surface area contributed by atoms with Crippen LogP contribution in [0.5, 0.6) is 57.5 Å². The second kappa shape index (κ2) is 37.7. The normalized spacial score (nSPS) is 27.0. The van der Waals surface area contributed by atoms with Crippen molar-refractivity contribution in [3.05, 3.63) is 135 Å². The van der Waals surface area contributed by atoms with E-state index in [1.54, 1.807) is 6.07 Å². The molecule has 36 nitrogen and oxygen atoms in total. The van der Waals surface area contributed by atoms with E-state index in [1.165, 1.54) is 56.4 Å². The van der Waals surface area contributed by atoms with E-state index in [-0.39, 0.29) is 116 Å². The van der Waals surface area contributed by atoms with E-state index in [2.05, 4.69) is 53.2 Å². The number of phenolic OH excluding ortho intramolecular Hbond substituents is 3. The SMILES string of the molecule is CN[C@H](CC(C)C)C(=O)N[C@H]1C(=O)N[C@@H](CC(=O)NC(=O)Nc2cc(OCCN(C)C)cc(OCCN(C)C)c2)C(=O)N[C@H]2C(=O)N[C@H]3C(=O)N[C@H](C(=O)N[C@H](C(=O)NC4C5CC6CC(C5)CC4C6)c4cc(O)cc(O)c4-c4cc3ccc4O)[C@H](O)c3ccc(c(Cl)c3)Oc3cc2cc(c3O[C@@H]2O[C@H](CN)[C@@H](O)[C@H](O)[C@H]2O)Oc2ccc(cc2C)[C@H]1O. The van der Waals surface area contributed by atoms with Crippen LogP contribution in [0, 0.1) is 36.5 Å². The molecule has 10 amide bonds. The average Bonchev–Trinajstić information content (AvgIpc) is 0.755. The molecule has 0 spiro atoms. The number of halogens is 1. The van der Waals surface area contributed by atoms with Gasteiger partial charge in [0.25, 0.3) is 0 Å². The summed E-state index contributed by atoms with van der Waals surface area (Å²) < 4.78 is 38.0. The molecule has 122 heavy (non-hydrogen) atoms. The lowest BCUT2D eigenvalue weighted by Gasteiger charge is -2.54. The largest absolute Gasteiger partial charge is 0.508 e. The van der Waals surface area contributed by atoms with Gasteiger partial charge in [-0.1, -0.05) is 43.6 Å². The number of carbonyl (C=O) groups is 9. The van der Waals surface area contributed by atoms with Crippen molar-refractivity contribution in [2.75, 3.05) is 73.4 Å². The Morgan fingerprint density at radius 3 is 1.84 bits per heavy atom. The molecule has 0 unspecified atom stereocenters. The summed E-state index contributed by atoms with van der Waals surface area (Å²) in [5.41, 5.74) is 4.29. The maximum Gasteiger partial charge on any atom is 0.325 e. The zero-order valence-corrected chi connectivity index (χ0v) is 69.1. The average molecular weight is 1710 g/mol. The number of nitrogens with two attached hydrogens (primary N) is 1. The van der Waals surface area contributed by atoms with E-state index in [0.29, 0.717) is 24.9 Å². The first-order chi connectivity index (χ1) is 58.1. The molecule has 654 valence electrons. The van der Waals surface area contributed by atoms with Gasteiger partial charge in [-0.05, 0) is 198 Å². The third-order valence-electron chi connectivity index (χ3n) is 23.2. The Morgan fingerprint density at radius 2 is 1.23 bits per heavy atom. The number of benzene rings is 6. The third kappa shape index (κ3) is 20.0. The van der Waals surface area contributed by atoms with Gasteiger partial charge in [0.15, 0.2) is 11.5 Å². The van der Waals surface area contributed by atoms with E-state index in [1.807, 2.05) is 51.8 Å². The van der Waals surface area contributed by atoms with Crippen LogP contribution in [0.2, 0.25) is 5.02 Å². The van der Waals surface area contributed by atoms with Crippen LogP contribution in [0.25, 0.3) is 11.1 Å². The van der Waals surface area contributed by atoms with Gasteiger partial charge in [-0.15, -0.1) is 0 Å². The van der Waals surface area contributed by atoms with Crippen molar-refractivity contribution >= 4 is 70.6 Å². The Kier molecular flexibility index (Phi) is 27.4. The molecule has 15 bridgehead atoms. The van der Waals surface area contributed by atoms with Gasteiger partial charge in [0.05, 0.1) is 17.5 Å². The zero-order valence-electron chi connectivity index (χ0n) is 68.3. The summed E-state index contributed by atoms with van der Waals surface area (Å²) >= 11 is 7.21. The molecule has 6 aromatic rings. The van der Waals surface area contributed by atoms with Crippen LogP contribution in [0.4, 0.5) is 10.5 Å². The molecule has 20 N–H and O–H groups in total. The molecule has 0 aromatic heterocycles. The number of fused-ring (bicyclic) bond motifs is 15. The number of aliphatic hydroxyl groups excluding tert-OH is 5. The number of hydrogen-bond acceptors (Lipinski definition) is 27. The predicted molar refractivity (Wildman–Crippen MR) is 438 cm³/mol. The number of ether oxygens (including phenoxy) is 6. The fourth-order valence-electron chi connectivity index (χ4n) is 17.2. The minimum absolute atomic E-state index is 0.0505. The summed E-state index contributed by atoms with van der Waals surface area (Å²) in [6.45, 7) is 6.14. The van der Waals surface area contributed by atoms with E-state index in [4.69, 9.17) is 45.8 Å². The molecule has 16 rings (SSSR count). The van der Waals surface area contributed by atoms with Crippen LogP contribution in [0.3, 0.4) is 0 Å². The number of aryl methyl sites for hydroxylation is 1. The van der Waals surface area contributed by atoms with E-state index in [9.17, 15) is 55.2 Å². The minimum Gasteiger partial charge on any atom is -0.508 e. The molecule has 6 aromatic carbocycles. The maximum absolute atomic E-state index is 16.5. The zero-order chi connectivity index (χ0) is 87.6. The molecule has 1 saturated heterocycles. The van der Waals surface area contributed by atoms with E-state index >= 15 is 28.8 Å². The van der Waals surface area contributed by atoms with Crippen LogP contribution < -0.4 is 82.6 Å². The van der Waals surface area contributed by atoms with Crippen LogP contribution in [0.1, 0.15) is 123 Å². The van der Waals surface area contributed by atoms with Crippen LogP contribution in [0.15, 0.2) is 97.1 Å². The first-order valence-corrected chi connectivity index (χ1v) is 40.8. The van der Waals surface area contributed by atoms with Gasteiger partial charge in [0.2, 0.25) is 59.3 Å². The van der Waals surface area contributed by atoms with Crippen molar-refractivity contribution in [1.29, 1.82) is 0 Å². The van der Waals surface area contributed by atoms with Gasteiger partial charge in [0, 0.05) is 66.8 Å². The molecule has 6 heterocycles. The first kappa shape index (κ1) is 88.6. The molecule has 4 aliphatic carbocycles. The smallest absolute Gasteiger partial charge is 0.325 e. The Balaban J connectivity index is 0.978. The number of carbonyl (C=O) groups excluding carboxylic acids is 9. The number of imide groups is 1. The van der Waals surface area contributed by atoms with Gasteiger partial charge < -0.3 is 133 Å². The molecule has 0 radical (unpaired) electrons. The highest BCUT2D eigenvalue weighted by atomic mass is 35.5. The van der Waals surface area contributed by atoms with Crippen molar-refractivity contribution in [2.24, 2.45) is 35.3 Å². The number of amides is 10. The molecular weight excluding hydrogens is 1610 g/mol. The van der Waals surface area contributed by atoms with Gasteiger partial charge in [-0.25, -0.2) is 4.79 Å². The highest BCUT2D eigenvalue weighted by Gasteiger charge is 2.51. The second-order valence-corrected chi connectivity index (χ2v) is 33.6. The van der Waals surface area contributed by atoms with Crippen LogP contribution in [-0.4, -0.2) is 233 Å². The summed E-state index contributed by atoms with van der Waals surface area (Å²) in [6, 6.07) is 4.08. The number of anilines is 1. The summed E-state index contributed by atoms with van der Waals surface area (Å²) in [6.07, 6.45) is -10.1. The summed E-state index contributed by atoms with van der Waals surface area (Å²) in [4.78, 5) is 143. The number of rotatable bonds is 21. The van der Waals surface area contributed by atoms with Crippen molar-refractivity contribution in [1.82, 2.24) is 57.7 Å². The van der Waals surface area contributed by atoms with Gasteiger partial charge in [-0.2, -0.15) is 0 Å². The standard InChI is InChI=1S/C85H104ClN13O23/c1-37(2)19-54(88-4)77(109)96-69-71(104)42-10-13-58(38(3)20-42)119-60-28-46-29-61(76(60)122-84-75(108)74(107)73(106)62(36-87)121-84)120-59-14-11-43(27-53(59)86)72(105)70-83(115)95-68(81(113)92-65-44-22-39-21-40(24-44)25-45(65)23-39)52-32-48(100)33-57(102)64(52)51-26-41(9-12-56(51)101)66(79(111)97-70)94-80(112)67(46)93-78(110)55(90-82(69)114)35-63(103)91-85(116)89-47-30-49(117-17-15-98(5)6)34-50(31-47)118-18-16-99(7)8/h9-14,20,26-34,37,39-40,44-45,54-55,62,65-75,84,88,100-102,104-108H,15-19,21-25,35-36,87H2,1-8H3,(H,90,114)(H,92,113)(H,93,110)(H,94,112)(H,95,115)(H,96,109)(H,97,111)(H2,89,91,103,116)/t39?,40?,44?,45?,54-,55+,62-,65?,66-,67-,68+,69-,70+,71-,72-,73-,74+,75-,84+/m1/s1. The number of nitrogens with zero attached hydrogens (tertiary/aromatic N) is 2. The number of phenols is 3. The van der Waals surface area contributed by atoms with Crippen LogP contribution >= 0.6 is 11.6 Å². The summed E-state index contributed by atoms with van der Waals surface area (Å²) in [7, 11) is 8.87. The second-order valence-electron chi connectivity index (χ2n) is 33.2. The highest BCUT2D eigenvalue weighted by molar-refractivity contribution is 6.32. The van der Waals surface area contributed by atoms with Crippen molar-refractivity contribution in [2.45, 2.75) is 157 Å². The lowest BCUT2D eigenvalue weighted by molar-refractivity contribution is -0.270. The number of nitrogens with one attached hydrogen (secondary N) is 10. The quantitative estimate of drug-likeness (QED) is 0.0492. The maximum atomic E-state index is 16.5. The Labute approximate surface area is 707 Å². The topological polar surface area (TPSA) is 524 Å². The number of aromatic hydroxyl groups is 3. The number of urea groups is 1. The molecule has 6 aliphatic heterocycles. The van der Waals surface area contributed by atoms with Gasteiger partial charge >= 0.3 is 6.03 Å². The fraction of sp³-hybridized carbons (Fsp3) is 0.471. The lowest BCUT2D eigenvalue weighted by atomic mass is 9.54. The predicted octanol–water partition coefficient (Wildman–Crippen LogP) is 3.09. The Hall–Kier alpha value is -11.2. The monoisotopic (exact) mass is 1710 g/mol. The van der Waals surface area contributed by atoms with Crippen LogP contribution in [-0.2, 0) is 43.1 Å². The molecular formula is C85H104ClN13O23. The summed E-state index contributed by atoms with van der Waals surface area (Å²) in [5.74, 6) is -12.4. The Bertz CT molecular complexity index is 4920. The molecule has 10 aliphatic rings. The fourth-order valence-corrected chi connectivity index (χ4v) is 17.4. The molecule has 14 atom stereocenters. The molecule has 5 fully saturated rings. The molecule has 37 heteroatoms. The third-order valence-corrected chi connectivity index (χ3v) is 23.5. The van der Waals surface area contributed by atoms with Gasteiger partial charge in [0.1, 0.15) is 126 Å². The van der Waals surface area contributed by atoms with Gasteiger partial charge in [-0.3, -0.25) is 43.7 Å². The number of likely N-dealkylation sites (N-methyl/N-ethyl adjacent to an activating group) is 3. The van der Waals surface area contributed by atoms with Crippen molar-refractivity contribution < 1.29 is 112 Å². The lowest BCUT2D eigenvalue weighted by Crippen LogP contribution is -2.60. The Morgan fingerprint density at radius 1 is 0.623 bits per heavy atom. The van der Waals surface area contributed by atoms with E-state index in [0.717, 1.165) is 80.6 Å².